The topological polar surface area (TPSA) is 59.8 Å². The number of amides is 1. The van der Waals surface area contributed by atoms with Crippen molar-refractivity contribution in [1.82, 2.24) is 14.8 Å². The van der Waals surface area contributed by atoms with Gasteiger partial charge in [0.1, 0.15) is 5.82 Å². The smallest absolute Gasteiger partial charge is 0.256 e. The van der Waals surface area contributed by atoms with Gasteiger partial charge in [-0.1, -0.05) is 25.5 Å². The largest absolute Gasteiger partial charge is 0.322 e. The van der Waals surface area contributed by atoms with E-state index in [9.17, 15) is 4.79 Å². The fraction of sp³-hybridized carbons (Fsp3) is 0.318. The van der Waals surface area contributed by atoms with Crippen LogP contribution in [0.1, 0.15) is 42.4 Å². The van der Waals surface area contributed by atoms with E-state index in [0.717, 1.165) is 46.5 Å². The molecule has 2 aromatic carbocycles. The number of benzene rings is 2. The summed E-state index contributed by atoms with van der Waals surface area (Å²) in [5.74, 6) is 2.84. The first-order valence-corrected chi connectivity index (χ1v) is 10.8. The van der Waals surface area contributed by atoms with Crippen LogP contribution >= 0.6 is 11.8 Å². The molecule has 0 aliphatic carbocycles. The standard InChI is InChI=1S/C22H24N4OS/c1-2-28-19-9-6-5-8-18(19)22(27)23-17-13-11-16(12-14-17)21-25-24-20-10-4-3-7-15-26(20)21/h5-6,8-9,11-14H,2-4,7,10,15H2,1H3,(H,23,27). The van der Waals surface area contributed by atoms with Gasteiger partial charge >= 0.3 is 0 Å². The SMILES string of the molecule is CCSc1ccccc1C(=O)Nc1ccc(-c2nnc3n2CCCCC3)cc1. The third-order valence-electron chi connectivity index (χ3n) is 4.94. The molecule has 4 rings (SSSR count). The Morgan fingerprint density at radius 1 is 1.07 bits per heavy atom. The van der Waals surface area contributed by atoms with Crippen LogP contribution in [0.5, 0.6) is 0 Å². The van der Waals surface area contributed by atoms with E-state index in [1.165, 1.54) is 19.3 Å². The molecule has 0 radical (unpaired) electrons. The Balaban J connectivity index is 1.52. The van der Waals surface area contributed by atoms with Crippen LogP contribution in [0.2, 0.25) is 0 Å². The predicted octanol–water partition coefficient (Wildman–Crippen LogP) is 5.04. The van der Waals surface area contributed by atoms with E-state index >= 15 is 0 Å². The number of thioether (sulfide) groups is 1. The van der Waals surface area contributed by atoms with Crippen molar-refractivity contribution < 1.29 is 4.79 Å². The summed E-state index contributed by atoms with van der Waals surface area (Å²) in [5.41, 5.74) is 2.52. The fourth-order valence-corrected chi connectivity index (χ4v) is 4.34. The highest BCUT2D eigenvalue weighted by molar-refractivity contribution is 7.99. The quantitative estimate of drug-likeness (QED) is 0.618. The maximum atomic E-state index is 12.7. The maximum Gasteiger partial charge on any atom is 0.256 e. The number of aryl methyl sites for hydroxylation is 1. The second kappa shape index (κ2) is 8.61. The number of nitrogens with one attached hydrogen (secondary N) is 1. The number of carbonyl (C=O) groups excluding carboxylic acids is 1. The predicted molar refractivity (Wildman–Crippen MR) is 114 cm³/mol. The molecule has 0 saturated carbocycles. The van der Waals surface area contributed by atoms with Gasteiger partial charge in [-0.25, -0.2) is 0 Å². The Bertz CT molecular complexity index is 965. The van der Waals surface area contributed by atoms with Gasteiger partial charge in [0.2, 0.25) is 0 Å². The number of hydrogen-bond acceptors (Lipinski definition) is 4. The molecule has 2 heterocycles. The molecule has 1 aromatic heterocycles. The normalized spacial score (nSPS) is 13.6. The number of hydrogen-bond donors (Lipinski definition) is 1. The first-order valence-electron chi connectivity index (χ1n) is 9.82. The summed E-state index contributed by atoms with van der Waals surface area (Å²) in [6, 6.07) is 15.6. The van der Waals surface area contributed by atoms with E-state index in [0.29, 0.717) is 5.56 Å². The Morgan fingerprint density at radius 2 is 1.89 bits per heavy atom. The lowest BCUT2D eigenvalue weighted by atomic mass is 10.1. The van der Waals surface area contributed by atoms with Gasteiger partial charge in [-0.15, -0.1) is 22.0 Å². The molecular formula is C22H24N4OS. The third-order valence-corrected chi connectivity index (χ3v) is 5.90. The van der Waals surface area contributed by atoms with E-state index in [4.69, 9.17) is 0 Å². The van der Waals surface area contributed by atoms with E-state index in [-0.39, 0.29) is 5.91 Å². The maximum absolute atomic E-state index is 12.7. The Labute approximate surface area is 169 Å². The van der Waals surface area contributed by atoms with Gasteiger partial charge < -0.3 is 9.88 Å². The van der Waals surface area contributed by atoms with Crippen LogP contribution in [0.15, 0.2) is 53.4 Å². The van der Waals surface area contributed by atoms with E-state index < -0.39 is 0 Å². The molecule has 0 spiro atoms. The van der Waals surface area contributed by atoms with Gasteiger partial charge in [-0.2, -0.15) is 0 Å². The molecular weight excluding hydrogens is 368 g/mol. The average molecular weight is 393 g/mol. The third kappa shape index (κ3) is 3.97. The molecule has 0 unspecified atom stereocenters. The van der Waals surface area contributed by atoms with Crippen molar-refractivity contribution in [3.63, 3.8) is 0 Å². The van der Waals surface area contributed by atoms with Crippen LogP contribution in [0.4, 0.5) is 5.69 Å². The van der Waals surface area contributed by atoms with Crippen LogP contribution in [-0.2, 0) is 13.0 Å². The van der Waals surface area contributed by atoms with Crippen LogP contribution in [-0.4, -0.2) is 26.4 Å². The number of rotatable bonds is 5. The number of anilines is 1. The van der Waals surface area contributed by atoms with Crippen molar-refractivity contribution in [1.29, 1.82) is 0 Å². The zero-order valence-corrected chi connectivity index (χ0v) is 16.8. The van der Waals surface area contributed by atoms with Gasteiger partial charge in [0.25, 0.3) is 5.91 Å². The second-order valence-electron chi connectivity index (χ2n) is 6.86. The monoisotopic (exact) mass is 392 g/mol. The number of nitrogens with zero attached hydrogens (tertiary/aromatic N) is 3. The van der Waals surface area contributed by atoms with E-state index in [1.807, 2.05) is 48.5 Å². The van der Waals surface area contributed by atoms with Gasteiger partial charge in [0, 0.05) is 29.1 Å². The van der Waals surface area contributed by atoms with Gasteiger partial charge in [-0.05, 0) is 55.0 Å². The average Bonchev–Trinajstić information content (AvgIpc) is 2.97. The minimum Gasteiger partial charge on any atom is -0.322 e. The molecule has 6 heteroatoms. The molecule has 144 valence electrons. The lowest BCUT2D eigenvalue weighted by molar-refractivity contribution is 0.102. The summed E-state index contributed by atoms with van der Waals surface area (Å²) in [7, 11) is 0. The van der Waals surface area contributed by atoms with Crippen LogP contribution < -0.4 is 5.32 Å². The Kier molecular flexibility index (Phi) is 5.76. The van der Waals surface area contributed by atoms with E-state index in [2.05, 4.69) is 27.0 Å². The first-order chi connectivity index (χ1) is 13.8. The molecule has 1 amide bonds. The highest BCUT2D eigenvalue weighted by Gasteiger charge is 2.16. The van der Waals surface area contributed by atoms with Crippen LogP contribution in [0.3, 0.4) is 0 Å². The van der Waals surface area contributed by atoms with Crippen molar-refractivity contribution >= 4 is 23.4 Å². The molecule has 0 atom stereocenters. The van der Waals surface area contributed by atoms with Crippen LogP contribution in [0, 0.1) is 0 Å². The molecule has 28 heavy (non-hydrogen) atoms. The Hall–Kier alpha value is -2.60. The van der Waals surface area contributed by atoms with Crippen molar-refractivity contribution in [3.05, 3.63) is 59.9 Å². The van der Waals surface area contributed by atoms with Crippen molar-refractivity contribution in [2.75, 3.05) is 11.1 Å². The molecule has 1 aliphatic heterocycles. The lowest BCUT2D eigenvalue weighted by Crippen LogP contribution is -2.13. The summed E-state index contributed by atoms with van der Waals surface area (Å²) >= 11 is 1.68. The summed E-state index contributed by atoms with van der Waals surface area (Å²) in [5, 5.41) is 11.8. The minimum absolute atomic E-state index is 0.0827. The lowest BCUT2D eigenvalue weighted by Gasteiger charge is -2.10. The zero-order valence-electron chi connectivity index (χ0n) is 16.0. The second-order valence-corrected chi connectivity index (χ2v) is 8.17. The van der Waals surface area contributed by atoms with Gasteiger partial charge in [0.15, 0.2) is 5.82 Å². The van der Waals surface area contributed by atoms with Crippen LogP contribution in [0.25, 0.3) is 11.4 Å². The number of aromatic nitrogens is 3. The summed E-state index contributed by atoms with van der Waals surface area (Å²) in [4.78, 5) is 13.7. The first kappa shape index (κ1) is 18.7. The highest BCUT2D eigenvalue weighted by atomic mass is 32.2. The van der Waals surface area contributed by atoms with Gasteiger partial charge in [0.05, 0.1) is 5.56 Å². The molecule has 0 fully saturated rings. The Morgan fingerprint density at radius 3 is 2.71 bits per heavy atom. The summed E-state index contributed by atoms with van der Waals surface area (Å²) in [6.45, 7) is 3.06. The molecule has 1 aliphatic rings. The highest BCUT2D eigenvalue weighted by Crippen LogP contribution is 2.26. The number of fused-ring (bicyclic) bond motifs is 1. The summed E-state index contributed by atoms with van der Waals surface area (Å²) < 4.78 is 2.23. The summed E-state index contributed by atoms with van der Waals surface area (Å²) in [6.07, 6.45) is 4.59. The van der Waals surface area contributed by atoms with Crippen molar-refractivity contribution in [2.45, 2.75) is 44.0 Å². The number of carbonyl (C=O) groups is 1. The molecule has 5 nitrogen and oxygen atoms in total. The van der Waals surface area contributed by atoms with Crippen molar-refractivity contribution in [3.8, 4) is 11.4 Å². The van der Waals surface area contributed by atoms with E-state index in [1.54, 1.807) is 11.8 Å². The van der Waals surface area contributed by atoms with Gasteiger partial charge in [-0.3, -0.25) is 4.79 Å². The molecule has 0 bridgehead atoms. The minimum atomic E-state index is -0.0827. The van der Waals surface area contributed by atoms with Crippen molar-refractivity contribution in [2.24, 2.45) is 0 Å². The molecule has 1 N–H and O–H groups in total. The molecule has 3 aromatic rings. The zero-order chi connectivity index (χ0) is 19.3. The fourth-order valence-electron chi connectivity index (χ4n) is 3.54. The molecule has 0 saturated heterocycles.